The number of aliphatic hydroxyl groups is 1. The van der Waals surface area contributed by atoms with Gasteiger partial charge < -0.3 is 10.0 Å². The molecule has 2 rings (SSSR count). The van der Waals surface area contributed by atoms with E-state index in [1.807, 2.05) is 13.8 Å². The lowest BCUT2D eigenvalue weighted by atomic mass is 10.2. The fourth-order valence-corrected chi connectivity index (χ4v) is 1.78. The summed E-state index contributed by atoms with van der Waals surface area (Å²) in [6, 6.07) is 0. The Hall–Kier alpha value is -1.16. The summed E-state index contributed by atoms with van der Waals surface area (Å²) >= 11 is 0. The van der Waals surface area contributed by atoms with Crippen LogP contribution in [0.15, 0.2) is 6.33 Å². The largest absolute Gasteiger partial charge is 0.391 e. The molecule has 0 saturated carbocycles. The van der Waals surface area contributed by atoms with Crippen molar-refractivity contribution in [2.45, 2.75) is 26.4 Å². The summed E-state index contributed by atoms with van der Waals surface area (Å²) in [6.45, 7) is 5.58. The van der Waals surface area contributed by atoms with Crippen molar-refractivity contribution >= 4 is 5.82 Å². The lowest BCUT2D eigenvalue weighted by Gasteiger charge is -2.19. The summed E-state index contributed by atoms with van der Waals surface area (Å²) in [7, 11) is 0. The van der Waals surface area contributed by atoms with Gasteiger partial charge in [-0.05, 0) is 20.3 Å². The molecule has 1 fully saturated rings. The van der Waals surface area contributed by atoms with E-state index in [0.29, 0.717) is 6.54 Å². The van der Waals surface area contributed by atoms with Crippen LogP contribution >= 0.6 is 0 Å². The maximum atomic E-state index is 9.44. The molecule has 1 aliphatic rings. The number of aryl methyl sites for hydroxylation is 1. The summed E-state index contributed by atoms with van der Waals surface area (Å²) in [6.07, 6.45) is 2.22. The lowest BCUT2D eigenvalue weighted by molar-refractivity contribution is 0.198. The van der Waals surface area contributed by atoms with Crippen molar-refractivity contribution in [3.05, 3.63) is 17.6 Å². The highest BCUT2D eigenvalue weighted by Crippen LogP contribution is 2.22. The average molecular weight is 193 g/mol. The highest BCUT2D eigenvalue weighted by atomic mass is 16.3. The van der Waals surface area contributed by atoms with E-state index >= 15 is 0 Å². The van der Waals surface area contributed by atoms with E-state index in [1.165, 1.54) is 0 Å². The highest BCUT2D eigenvalue weighted by Gasteiger charge is 2.22. The second-order valence-electron chi connectivity index (χ2n) is 3.80. The van der Waals surface area contributed by atoms with Gasteiger partial charge in [0.25, 0.3) is 0 Å². The number of rotatable bonds is 1. The van der Waals surface area contributed by atoms with Gasteiger partial charge in [-0.2, -0.15) is 0 Å². The number of aromatic nitrogens is 2. The fourth-order valence-electron chi connectivity index (χ4n) is 1.78. The van der Waals surface area contributed by atoms with Crippen LogP contribution in [0.25, 0.3) is 0 Å². The molecule has 0 spiro atoms. The molecular weight excluding hydrogens is 178 g/mol. The standard InChI is InChI=1S/C10H15N3O/c1-7-8(2)11-6-12-10(7)13-4-3-9(14)5-13/h6,9,14H,3-5H2,1-2H3. The predicted molar refractivity (Wildman–Crippen MR) is 54.3 cm³/mol. The molecule has 0 aliphatic carbocycles. The monoisotopic (exact) mass is 193 g/mol. The van der Waals surface area contributed by atoms with Gasteiger partial charge >= 0.3 is 0 Å². The van der Waals surface area contributed by atoms with Gasteiger partial charge in [-0.1, -0.05) is 0 Å². The van der Waals surface area contributed by atoms with E-state index in [2.05, 4.69) is 14.9 Å². The fraction of sp³-hybridized carbons (Fsp3) is 0.600. The quantitative estimate of drug-likeness (QED) is 0.712. The van der Waals surface area contributed by atoms with Crippen molar-refractivity contribution in [3.63, 3.8) is 0 Å². The van der Waals surface area contributed by atoms with Crippen LogP contribution in [0.2, 0.25) is 0 Å². The van der Waals surface area contributed by atoms with E-state index in [0.717, 1.165) is 30.0 Å². The minimum absolute atomic E-state index is 0.204. The molecule has 76 valence electrons. The van der Waals surface area contributed by atoms with E-state index in [1.54, 1.807) is 6.33 Å². The zero-order chi connectivity index (χ0) is 10.1. The van der Waals surface area contributed by atoms with E-state index < -0.39 is 0 Å². The zero-order valence-corrected chi connectivity index (χ0v) is 8.56. The number of β-amino-alcohol motifs (C(OH)–C–C–N with tert-alkyl or cyclic N) is 1. The van der Waals surface area contributed by atoms with Gasteiger partial charge in [0.05, 0.1) is 6.10 Å². The maximum Gasteiger partial charge on any atom is 0.135 e. The van der Waals surface area contributed by atoms with Crippen LogP contribution in [0.3, 0.4) is 0 Å². The molecule has 0 aromatic carbocycles. The molecule has 1 aromatic rings. The molecule has 4 nitrogen and oxygen atoms in total. The van der Waals surface area contributed by atoms with Crippen LogP contribution < -0.4 is 4.90 Å². The Morgan fingerprint density at radius 1 is 1.43 bits per heavy atom. The summed E-state index contributed by atoms with van der Waals surface area (Å²) in [4.78, 5) is 10.5. The van der Waals surface area contributed by atoms with Crippen LogP contribution in [0.5, 0.6) is 0 Å². The average Bonchev–Trinajstić information content (AvgIpc) is 2.57. The van der Waals surface area contributed by atoms with Gasteiger partial charge in [0.1, 0.15) is 12.1 Å². The third-order valence-electron chi connectivity index (χ3n) is 2.77. The second-order valence-corrected chi connectivity index (χ2v) is 3.80. The first kappa shape index (κ1) is 9.40. The number of nitrogens with zero attached hydrogens (tertiary/aromatic N) is 3. The van der Waals surface area contributed by atoms with Crippen molar-refractivity contribution in [2.24, 2.45) is 0 Å². The minimum Gasteiger partial charge on any atom is -0.391 e. The van der Waals surface area contributed by atoms with Crippen molar-refractivity contribution < 1.29 is 5.11 Å². The number of hydrogen-bond donors (Lipinski definition) is 1. The molecule has 1 aromatic heterocycles. The van der Waals surface area contributed by atoms with Crippen LogP contribution in [-0.2, 0) is 0 Å². The van der Waals surface area contributed by atoms with Gasteiger partial charge in [0.2, 0.25) is 0 Å². The highest BCUT2D eigenvalue weighted by molar-refractivity contribution is 5.48. The molecule has 4 heteroatoms. The van der Waals surface area contributed by atoms with E-state index in [9.17, 15) is 5.11 Å². The molecule has 0 radical (unpaired) electrons. The molecule has 1 unspecified atom stereocenters. The first-order valence-corrected chi connectivity index (χ1v) is 4.89. The van der Waals surface area contributed by atoms with Gasteiger partial charge in [-0.25, -0.2) is 9.97 Å². The lowest BCUT2D eigenvalue weighted by Crippen LogP contribution is -2.23. The topological polar surface area (TPSA) is 49.2 Å². The van der Waals surface area contributed by atoms with Crippen molar-refractivity contribution in [1.82, 2.24) is 9.97 Å². The molecule has 1 N–H and O–H groups in total. The zero-order valence-electron chi connectivity index (χ0n) is 8.56. The number of hydrogen-bond acceptors (Lipinski definition) is 4. The van der Waals surface area contributed by atoms with Crippen molar-refractivity contribution in [2.75, 3.05) is 18.0 Å². The Morgan fingerprint density at radius 2 is 2.21 bits per heavy atom. The molecule has 2 heterocycles. The molecule has 14 heavy (non-hydrogen) atoms. The smallest absolute Gasteiger partial charge is 0.135 e. The number of aliphatic hydroxyl groups excluding tert-OH is 1. The molecule has 0 bridgehead atoms. The van der Waals surface area contributed by atoms with Crippen LogP contribution in [0.1, 0.15) is 17.7 Å². The van der Waals surface area contributed by atoms with Gasteiger partial charge in [-0.15, -0.1) is 0 Å². The molecule has 0 amide bonds. The Bertz CT molecular complexity index is 340. The molecular formula is C10H15N3O. The SMILES string of the molecule is Cc1ncnc(N2CCC(O)C2)c1C. The Labute approximate surface area is 83.6 Å². The molecule has 1 aliphatic heterocycles. The Morgan fingerprint density at radius 3 is 2.86 bits per heavy atom. The van der Waals surface area contributed by atoms with Crippen LogP contribution in [0.4, 0.5) is 5.82 Å². The van der Waals surface area contributed by atoms with E-state index in [-0.39, 0.29) is 6.10 Å². The maximum absolute atomic E-state index is 9.44. The predicted octanol–water partition coefficient (Wildman–Crippen LogP) is 0.664. The Balaban J connectivity index is 2.28. The summed E-state index contributed by atoms with van der Waals surface area (Å²) < 4.78 is 0. The van der Waals surface area contributed by atoms with Crippen LogP contribution in [-0.4, -0.2) is 34.3 Å². The first-order valence-electron chi connectivity index (χ1n) is 4.89. The van der Waals surface area contributed by atoms with Crippen LogP contribution in [0, 0.1) is 13.8 Å². The summed E-state index contributed by atoms with van der Waals surface area (Å²) in [5.41, 5.74) is 2.12. The second kappa shape index (κ2) is 3.53. The van der Waals surface area contributed by atoms with Gasteiger partial charge in [0, 0.05) is 24.3 Å². The van der Waals surface area contributed by atoms with E-state index in [4.69, 9.17) is 0 Å². The summed E-state index contributed by atoms with van der Waals surface area (Å²) in [5, 5.41) is 9.44. The summed E-state index contributed by atoms with van der Waals surface area (Å²) in [5.74, 6) is 0.967. The molecule has 1 saturated heterocycles. The minimum atomic E-state index is -0.204. The number of anilines is 1. The van der Waals surface area contributed by atoms with Crippen molar-refractivity contribution in [1.29, 1.82) is 0 Å². The molecule has 1 atom stereocenters. The normalized spacial score (nSPS) is 21.6. The third kappa shape index (κ3) is 1.57. The Kier molecular flexibility index (Phi) is 2.37. The van der Waals surface area contributed by atoms with Crippen molar-refractivity contribution in [3.8, 4) is 0 Å². The first-order chi connectivity index (χ1) is 6.68. The van der Waals surface area contributed by atoms with Gasteiger partial charge in [0.15, 0.2) is 0 Å². The van der Waals surface area contributed by atoms with Gasteiger partial charge in [-0.3, -0.25) is 0 Å². The third-order valence-corrected chi connectivity index (χ3v) is 2.77.